The quantitative estimate of drug-likeness (QED) is 0.403. The normalized spacial score (nSPS) is 33.0. The summed E-state index contributed by atoms with van der Waals surface area (Å²) < 4.78 is 23.1. The zero-order chi connectivity index (χ0) is 29.2. The van der Waals surface area contributed by atoms with E-state index in [-0.39, 0.29) is 18.2 Å². The molecule has 9 nitrogen and oxygen atoms in total. The second kappa shape index (κ2) is 9.77. The SMILES string of the molecule is CC[C@]12C=CCN3CC[C@@]4(c5ccc(OC)cc5N(C)[C@H]4C(O)(COC(=O)c4ccccc4OC)[C@@H]1OC(C)=O)[C@@H]32. The summed E-state index contributed by atoms with van der Waals surface area (Å²) in [5.41, 5.74) is -0.650. The zero-order valence-electron chi connectivity index (χ0n) is 24.3. The van der Waals surface area contributed by atoms with Gasteiger partial charge in [0, 0.05) is 49.1 Å². The Morgan fingerprint density at radius 3 is 2.59 bits per heavy atom. The van der Waals surface area contributed by atoms with Crippen molar-refractivity contribution in [1.82, 2.24) is 4.90 Å². The number of esters is 2. The number of fused-ring (bicyclic) bond motifs is 1. The Hall–Kier alpha value is -3.56. The molecule has 3 aliphatic heterocycles. The first-order valence-corrected chi connectivity index (χ1v) is 14.2. The summed E-state index contributed by atoms with van der Waals surface area (Å²) in [6, 6.07) is 12.3. The minimum atomic E-state index is -1.76. The van der Waals surface area contributed by atoms with E-state index in [0.29, 0.717) is 17.9 Å². The number of benzene rings is 2. The fraction of sp³-hybridized carbons (Fsp3) is 0.500. The van der Waals surface area contributed by atoms with Gasteiger partial charge >= 0.3 is 11.9 Å². The van der Waals surface area contributed by atoms with E-state index in [9.17, 15) is 14.7 Å². The molecular weight excluding hydrogens is 524 g/mol. The lowest BCUT2D eigenvalue weighted by atomic mass is 9.48. The molecule has 2 fully saturated rings. The van der Waals surface area contributed by atoms with E-state index in [2.05, 4.69) is 34.9 Å². The van der Waals surface area contributed by atoms with E-state index >= 15 is 0 Å². The highest BCUT2D eigenvalue weighted by molar-refractivity contribution is 5.92. The third-order valence-corrected chi connectivity index (χ3v) is 9.98. The van der Waals surface area contributed by atoms with Gasteiger partial charge in [0.25, 0.3) is 0 Å². The maximum Gasteiger partial charge on any atom is 0.342 e. The van der Waals surface area contributed by atoms with E-state index in [4.69, 9.17) is 18.9 Å². The molecule has 0 radical (unpaired) electrons. The molecule has 1 N–H and O–H groups in total. The van der Waals surface area contributed by atoms with Crippen molar-refractivity contribution in [3.63, 3.8) is 0 Å². The molecule has 1 saturated carbocycles. The van der Waals surface area contributed by atoms with Crippen molar-refractivity contribution in [3.8, 4) is 11.5 Å². The number of carbonyl (C=O) groups excluding carboxylic acids is 2. The van der Waals surface area contributed by atoms with Gasteiger partial charge in [-0.3, -0.25) is 9.69 Å². The van der Waals surface area contributed by atoms with Gasteiger partial charge in [-0.25, -0.2) is 4.79 Å². The van der Waals surface area contributed by atoms with Crippen LogP contribution in [0.5, 0.6) is 11.5 Å². The minimum Gasteiger partial charge on any atom is -0.497 e. The molecule has 1 aliphatic carbocycles. The predicted octanol–water partition coefficient (Wildman–Crippen LogP) is 3.33. The summed E-state index contributed by atoms with van der Waals surface area (Å²) >= 11 is 0. The number of nitrogens with zero attached hydrogens (tertiary/aromatic N) is 2. The van der Waals surface area contributed by atoms with Gasteiger partial charge < -0.3 is 29.0 Å². The fourth-order valence-corrected chi connectivity index (χ4v) is 8.68. The number of aliphatic hydroxyl groups is 1. The number of rotatable bonds is 7. The summed E-state index contributed by atoms with van der Waals surface area (Å²) in [4.78, 5) is 30.7. The second-order valence-corrected chi connectivity index (χ2v) is 11.7. The van der Waals surface area contributed by atoms with Crippen molar-refractivity contribution in [2.75, 3.05) is 45.9 Å². The molecule has 41 heavy (non-hydrogen) atoms. The number of ether oxygens (including phenoxy) is 4. The highest BCUT2D eigenvalue weighted by atomic mass is 16.6. The van der Waals surface area contributed by atoms with Crippen molar-refractivity contribution in [2.45, 2.75) is 55.9 Å². The molecule has 1 unspecified atom stereocenters. The summed E-state index contributed by atoms with van der Waals surface area (Å²) in [7, 11) is 5.08. The average molecular weight is 563 g/mol. The van der Waals surface area contributed by atoms with Crippen molar-refractivity contribution < 1.29 is 33.6 Å². The van der Waals surface area contributed by atoms with Crippen LogP contribution in [0.1, 0.15) is 42.6 Å². The molecule has 9 heteroatoms. The number of para-hydroxylation sites is 1. The van der Waals surface area contributed by atoms with Crippen LogP contribution in [0.4, 0.5) is 5.69 Å². The van der Waals surface area contributed by atoms with Gasteiger partial charge in [-0.15, -0.1) is 0 Å². The lowest BCUT2D eigenvalue weighted by Crippen LogP contribution is -2.80. The maximum atomic E-state index is 13.4. The monoisotopic (exact) mass is 562 g/mol. The number of hydrogen-bond acceptors (Lipinski definition) is 9. The first kappa shape index (κ1) is 27.6. The molecule has 0 amide bonds. The Bertz CT molecular complexity index is 1410. The summed E-state index contributed by atoms with van der Waals surface area (Å²) in [5, 5.41) is 13.1. The largest absolute Gasteiger partial charge is 0.497 e. The van der Waals surface area contributed by atoms with Crippen LogP contribution in [0.2, 0.25) is 0 Å². The number of carbonyl (C=O) groups is 2. The average Bonchev–Trinajstić information content (AvgIpc) is 3.50. The molecule has 6 rings (SSSR count). The third kappa shape index (κ3) is 3.68. The molecule has 3 heterocycles. The Labute approximate surface area is 240 Å². The highest BCUT2D eigenvalue weighted by Gasteiger charge is 2.78. The molecule has 1 spiro atoms. The van der Waals surface area contributed by atoms with Gasteiger partial charge in [-0.2, -0.15) is 0 Å². The van der Waals surface area contributed by atoms with Crippen LogP contribution in [0.3, 0.4) is 0 Å². The van der Waals surface area contributed by atoms with Crippen molar-refractivity contribution in [3.05, 3.63) is 65.7 Å². The van der Waals surface area contributed by atoms with Crippen LogP contribution in [0.15, 0.2) is 54.6 Å². The number of likely N-dealkylation sites (N-methyl/N-ethyl adjacent to an activating group) is 1. The summed E-state index contributed by atoms with van der Waals surface area (Å²) in [6.45, 7) is 4.68. The van der Waals surface area contributed by atoms with Crippen LogP contribution in [-0.4, -0.2) is 86.7 Å². The third-order valence-electron chi connectivity index (χ3n) is 9.98. The number of methoxy groups -OCH3 is 2. The van der Waals surface area contributed by atoms with Gasteiger partial charge in [0.05, 0.1) is 20.3 Å². The molecule has 0 bridgehead atoms. The van der Waals surface area contributed by atoms with Gasteiger partial charge in [0.2, 0.25) is 0 Å². The molecule has 6 atom stereocenters. The van der Waals surface area contributed by atoms with Gasteiger partial charge in [-0.1, -0.05) is 37.3 Å². The fourth-order valence-electron chi connectivity index (χ4n) is 8.68. The Kier molecular flexibility index (Phi) is 6.58. The first-order chi connectivity index (χ1) is 19.7. The standard InChI is InChI=1S/C32H38N2O7/c1-6-30-14-9-16-34-17-15-31(27(30)34)23-13-12-21(38-4)18-24(23)33(3)28(31)32(37,29(30)41-20(2)35)19-40-26(36)22-10-7-8-11-25(22)39-5/h7-14,18,27-29,37H,6,15-17,19H2,1-5H3/t27-,28+,29+,30+,31+,32?/m0/s1. The van der Waals surface area contributed by atoms with E-state index in [1.54, 1.807) is 31.4 Å². The van der Waals surface area contributed by atoms with Crippen molar-refractivity contribution in [2.24, 2.45) is 5.41 Å². The predicted molar refractivity (Wildman–Crippen MR) is 152 cm³/mol. The highest BCUT2D eigenvalue weighted by Crippen LogP contribution is 2.67. The van der Waals surface area contributed by atoms with Gasteiger partial charge in [0.1, 0.15) is 29.8 Å². The molecular formula is C32H38N2O7. The Morgan fingerprint density at radius 2 is 1.88 bits per heavy atom. The molecule has 0 aromatic heterocycles. The van der Waals surface area contributed by atoms with E-state index in [1.807, 2.05) is 19.2 Å². The lowest BCUT2D eigenvalue weighted by Gasteiger charge is -2.64. The van der Waals surface area contributed by atoms with Crippen LogP contribution in [0.25, 0.3) is 0 Å². The maximum absolute atomic E-state index is 13.4. The lowest BCUT2D eigenvalue weighted by molar-refractivity contribution is -0.228. The zero-order valence-corrected chi connectivity index (χ0v) is 24.3. The van der Waals surface area contributed by atoms with E-state index < -0.39 is 40.5 Å². The Morgan fingerprint density at radius 1 is 1.10 bits per heavy atom. The second-order valence-electron chi connectivity index (χ2n) is 11.7. The number of hydrogen-bond donors (Lipinski definition) is 1. The molecule has 2 aromatic carbocycles. The topological polar surface area (TPSA) is 97.8 Å². The molecule has 1 saturated heterocycles. The number of anilines is 1. The molecule has 4 aliphatic rings. The Balaban J connectivity index is 1.54. The van der Waals surface area contributed by atoms with Crippen LogP contribution in [0, 0.1) is 5.41 Å². The van der Waals surface area contributed by atoms with E-state index in [0.717, 1.165) is 30.8 Å². The van der Waals surface area contributed by atoms with Crippen LogP contribution in [-0.2, 0) is 19.7 Å². The first-order valence-electron chi connectivity index (χ1n) is 14.2. The smallest absolute Gasteiger partial charge is 0.342 e. The summed E-state index contributed by atoms with van der Waals surface area (Å²) in [6.07, 6.45) is 4.70. The molecule has 218 valence electrons. The minimum absolute atomic E-state index is 0.0401. The van der Waals surface area contributed by atoms with Crippen LogP contribution < -0.4 is 14.4 Å². The molecule has 2 aromatic rings. The summed E-state index contributed by atoms with van der Waals surface area (Å²) in [5.74, 6) is -0.0155. The van der Waals surface area contributed by atoms with Crippen molar-refractivity contribution in [1.29, 1.82) is 0 Å². The van der Waals surface area contributed by atoms with E-state index in [1.165, 1.54) is 14.0 Å². The van der Waals surface area contributed by atoms with Crippen molar-refractivity contribution >= 4 is 17.6 Å². The van der Waals surface area contributed by atoms with Gasteiger partial charge in [0.15, 0.2) is 5.60 Å². The van der Waals surface area contributed by atoms with Gasteiger partial charge in [-0.05, 0) is 43.1 Å². The van der Waals surface area contributed by atoms with Crippen LogP contribution >= 0.6 is 0 Å².